The first kappa shape index (κ1) is 10.8. The second-order valence-corrected chi connectivity index (χ2v) is 3.17. The molecule has 2 aromatic rings. The summed E-state index contributed by atoms with van der Waals surface area (Å²) < 4.78 is 37.0. The second kappa shape index (κ2) is 3.70. The van der Waals surface area contributed by atoms with Crippen molar-refractivity contribution in [1.29, 1.82) is 0 Å². The van der Waals surface area contributed by atoms with Crippen LogP contribution in [0.5, 0.6) is 0 Å². The Balaban J connectivity index is 2.58. The molecule has 1 N–H and O–H groups in total. The van der Waals surface area contributed by atoms with Crippen LogP contribution in [0.3, 0.4) is 0 Å². The van der Waals surface area contributed by atoms with Gasteiger partial charge in [0, 0.05) is 0 Å². The number of thiocarbonyl (C=S) groups is 1. The molecule has 2 rings (SSSR count). The number of nitrogens with zero attached hydrogens (tertiary/aromatic N) is 2. The number of fused-ring (bicyclic) bond motifs is 1. The molecule has 0 radical (unpaired) electrons. The Morgan fingerprint density at radius 3 is 2.75 bits per heavy atom. The van der Waals surface area contributed by atoms with Gasteiger partial charge < -0.3 is 4.98 Å². The number of aromatic nitrogens is 2. The fourth-order valence-corrected chi connectivity index (χ4v) is 1.36. The van der Waals surface area contributed by atoms with Crippen molar-refractivity contribution in [3.05, 3.63) is 24.0 Å². The van der Waals surface area contributed by atoms with Gasteiger partial charge >= 0.3 is 6.18 Å². The minimum Gasteiger partial charge on any atom is -0.334 e. The molecule has 0 unspecified atom stereocenters. The molecular formula is C9H4F3N3S. The monoisotopic (exact) mass is 243 g/mol. The number of hydrogen-bond acceptors (Lipinski definition) is 3. The maximum absolute atomic E-state index is 12.3. The van der Waals surface area contributed by atoms with Crippen molar-refractivity contribution in [2.75, 3.05) is 0 Å². The number of alkyl halides is 3. The minimum absolute atomic E-state index is 0.232. The van der Waals surface area contributed by atoms with Crippen LogP contribution in [-0.4, -0.2) is 15.1 Å². The van der Waals surface area contributed by atoms with E-state index in [-0.39, 0.29) is 11.0 Å². The summed E-state index contributed by atoms with van der Waals surface area (Å²) in [7, 11) is 0. The summed E-state index contributed by atoms with van der Waals surface area (Å²) in [5.74, 6) is -1.02. The zero-order valence-electron chi connectivity index (χ0n) is 7.67. The van der Waals surface area contributed by atoms with Crippen molar-refractivity contribution in [3.8, 4) is 0 Å². The molecule has 0 saturated carbocycles. The summed E-state index contributed by atoms with van der Waals surface area (Å²) in [6, 6.07) is 4.38. The van der Waals surface area contributed by atoms with E-state index in [1.165, 1.54) is 18.2 Å². The molecule has 16 heavy (non-hydrogen) atoms. The zero-order valence-corrected chi connectivity index (χ0v) is 8.49. The lowest BCUT2D eigenvalue weighted by Crippen LogP contribution is -2.06. The van der Waals surface area contributed by atoms with Crippen LogP contribution < -0.4 is 0 Å². The average molecular weight is 243 g/mol. The minimum atomic E-state index is -4.48. The van der Waals surface area contributed by atoms with Crippen molar-refractivity contribution in [2.24, 2.45) is 4.99 Å². The van der Waals surface area contributed by atoms with Gasteiger partial charge in [0.25, 0.3) is 0 Å². The Bertz CT molecular complexity index is 581. The summed E-state index contributed by atoms with van der Waals surface area (Å²) >= 11 is 4.40. The Kier molecular flexibility index (Phi) is 2.49. The molecule has 7 heteroatoms. The summed E-state index contributed by atoms with van der Waals surface area (Å²) in [4.78, 5) is 9.26. The van der Waals surface area contributed by atoms with Crippen LogP contribution >= 0.6 is 12.2 Å². The number of rotatable bonds is 1. The van der Waals surface area contributed by atoms with Gasteiger partial charge in [-0.05, 0) is 30.4 Å². The van der Waals surface area contributed by atoms with Gasteiger partial charge in [-0.25, -0.2) is 4.98 Å². The van der Waals surface area contributed by atoms with Crippen molar-refractivity contribution in [1.82, 2.24) is 9.97 Å². The Labute approximate surface area is 93.0 Å². The van der Waals surface area contributed by atoms with Gasteiger partial charge in [-0.3, -0.25) is 0 Å². The van der Waals surface area contributed by atoms with Crippen LogP contribution in [0.2, 0.25) is 0 Å². The highest BCUT2D eigenvalue weighted by Gasteiger charge is 2.34. The quantitative estimate of drug-likeness (QED) is 0.616. The van der Waals surface area contributed by atoms with E-state index in [0.29, 0.717) is 5.69 Å². The third kappa shape index (κ3) is 1.95. The van der Waals surface area contributed by atoms with Gasteiger partial charge in [-0.2, -0.15) is 18.2 Å². The lowest BCUT2D eigenvalue weighted by Gasteiger charge is -1.98. The summed E-state index contributed by atoms with van der Waals surface area (Å²) in [6.07, 6.45) is -4.48. The molecule has 0 bridgehead atoms. The largest absolute Gasteiger partial charge is 0.449 e. The smallest absolute Gasteiger partial charge is 0.334 e. The van der Waals surface area contributed by atoms with E-state index >= 15 is 0 Å². The van der Waals surface area contributed by atoms with Gasteiger partial charge in [0.05, 0.1) is 21.9 Å². The zero-order chi connectivity index (χ0) is 11.8. The van der Waals surface area contributed by atoms with E-state index in [1.807, 2.05) is 0 Å². The number of aliphatic imine (C=N–C) groups is 1. The van der Waals surface area contributed by atoms with Crippen LogP contribution in [0.4, 0.5) is 18.9 Å². The second-order valence-electron chi connectivity index (χ2n) is 2.99. The number of aromatic amines is 1. The molecule has 0 aliphatic carbocycles. The molecule has 1 heterocycles. The van der Waals surface area contributed by atoms with Crippen molar-refractivity contribution >= 4 is 34.1 Å². The molecule has 0 amide bonds. The number of imidazole rings is 1. The maximum atomic E-state index is 12.3. The number of benzene rings is 1. The molecule has 0 spiro atoms. The van der Waals surface area contributed by atoms with Crippen LogP contribution in [0.15, 0.2) is 23.2 Å². The predicted octanol–water partition coefficient (Wildman–Crippen LogP) is 3.32. The molecule has 0 aliphatic heterocycles. The molecule has 0 aliphatic rings. The highest BCUT2D eigenvalue weighted by atomic mass is 32.1. The normalized spacial score (nSPS) is 11.4. The first-order chi connectivity index (χ1) is 7.50. The topological polar surface area (TPSA) is 41.0 Å². The molecule has 3 nitrogen and oxygen atoms in total. The van der Waals surface area contributed by atoms with Crippen LogP contribution in [0.25, 0.3) is 11.0 Å². The number of H-pyrrole nitrogens is 1. The molecule has 1 aromatic heterocycles. The van der Waals surface area contributed by atoms with Gasteiger partial charge in [0.15, 0.2) is 0 Å². The fraction of sp³-hybridized carbons (Fsp3) is 0.111. The highest BCUT2D eigenvalue weighted by molar-refractivity contribution is 7.78. The third-order valence-electron chi connectivity index (χ3n) is 1.91. The molecule has 0 saturated heterocycles. The van der Waals surface area contributed by atoms with Crippen LogP contribution in [0, 0.1) is 0 Å². The summed E-state index contributed by atoms with van der Waals surface area (Å²) in [5.41, 5.74) is 0.925. The van der Waals surface area contributed by atoms with Gasteiger partial charge in [-0.15, -0.1) is 0 Å². The van der Waals surface area contributed by atoms with Crippen LogP contribution in [0.1, 0.15) is 5.82 Å². The number of nitrogens with one attached hydrogen (secondary N) is 1. The molecule has 0 atom stereocenters. The summed E-state index contributed by atoms with van der Waals surface area (Å²) in [5, 5.41) is 2.14. The third-order valence-corrected chi connectivity index (χ3v) is 2.00. The standard InChI is InChI=1S/C9H4F3N3S/c10-9(11,12)8-14-6-2-1-5(13-4-16)3-7(6)15-8/h1-3H,(H,14,15). The van der Waals surface area contributed by atoms with E-state index < -0.39 is 12.0 Å². The molecule has 82 valence electrons. The van der Waals surface area contributed by atoms with E-state index in [0.717, 1.165) is 0 Å². The van der Waals surface area contributed by atoms with E-state index in [2.05, 4.69) is 32.3 Å². The number of halogens is 3. The number of isothiocyanates is 1. The van der Waals surface area contributed by atoms with Gasteiger partial charge in [0.2, 0.25) is 5.82 Å². The highest BCUT2D eigenvalue weighted by Crippen LogP contribution is 2.29. The van der Waals surface area contributed by atoms with E-state index in [9.17, 15) is 13.2 Å². The predicted molar refractivity (Wildman–Crippen MR) is 55.8 cm³/mol. The van der Waals surface area contributed by atoms with E-state index in [1.54, 1.807) is 0 Å². The molecule has 0 fully saturated rings. The molecular weight excluding hydrogens is 239 g/mol. The van der Waals surface area contributed by atoms with Crippen molar-refractivity contribution in [3.63, 3.8) is 0 Å². The number of hydrogen-bond donors (Lipinski definition) is 1. The average Bonchev–Trinajstić information content (AvgIpc) is 2.60. The van der Waals surface area contributed by atoms with E-state index in [4.69, 9.17) is 0 Å². The van der Waals surface area contributed by atoms with Gasteiger partial charge in [0.1, 0.15) is 0 Å². The maximum Gasteiger partial charge on any atom is 0.449 e. The Morgan fingerprint density at radius 2 is 2.12 bits per heavy atom. The Hall–Kier alpha value is -1.72. The SMILES string of the molecule is FC(F)(F)c1nc2ccc(N=C=S)cc2[nH]1. The molecule has 1 aromatic carbocycles. The first-order valence-electron chi connectivity index (χ1n) is 4.15. The van der Waals surface area contributed by atoms with Gasteiger partial charge in [-0.1, -0.05) is 0 Å². The van der Waals surface area contributed by atoms with Crippen molar-refractivity contribution < 1.29 is 13.2 Å². The Morgan fingerprint density at radius 1 is 1.38 bits per heavy atom. The lowest BCUT2D eigenvalue weighted by atomic mass is 10.3. The van der Waals surface area contributed by atoms with Crippen LogP contribution in [-0.2, 0) is 6.18 Å². The first-order valence-corrected chi connectivity index (χ1v) is 4.56. The van der Waals surface area contributed by atoms with Crippen molar-refractivity contribution in [2.45, 2.75) is 6.18 Å². The lowest BCUT2D eigenvalue weighted by molar-refractivity contribution is -0.144. The fourth-order valence-electron chi connectivity index (χ4n) is 1.25. The summed E-state index contributed by atoms with van der Waals surface area (Å²) in [6.45, 7) is 0.